The van der Waals surface area contributed by atoms with Crippen LogP contribution in [-0.2, 0) is 0 Å². The molecule has 0 aliphatic carbocycles. The molecule has 0 aliphatic rings. The Bertz CT molecular complexity index is 388. The molecule has 94 valence electrons. The Morgan fingerprint density at radius 2 is 2.06 bits per heavy atom. The van der Waals surface area contributed by atoms with Gasteiger partial charge in [0.1, 0.15) is 5.75 Å². The summed E-state index contributed by atoms with van der Waals surface area (Å²) in [5.41, 5.74) is 0.661. The average molecular weight is 245 g/mol. The number of hydrogen-bond donors (Lipinski definition) is 1. The predicted molar refractivity (Wildman–Crippen MR) is 60.7 cm³/mol. The van der Waals surface area contributed by atoms with Gasteiger partial charge in [-0.2, -0.15) is 0 Å². The zero-order valence-electron chi connectivity index (χ0n) is 9.58. The zero-order chi connectivity index (χ0) is 12.9. The number of rotatable bonds is 4. The highest BCUT2D eigenvalue weighted by atomic mass is 19.4. The lowest BCUT2D eigenvalue weighted by molar-refractivity contribution is -0.274. The molecule has 1 atom stereocenters. The number of halogens is 3. The Balaban J connectivity index is 2.76. The van der Waals surface area contributed by atoms with Gasteiger partial charge in [-0.05, 0) is 31.7 Å². The molecule has 2 nitrogen and oxygen atoms in total. The lowest BCUT2D eigenvalue weighted by atomic mass is 10.2. The summed E-state index contributed by atoms with van der Waals surface area (Å²) in [6, 6.07) is 5.99. The molecule has 1 N–H and O–H groups in total. The van der Waals surface area contributed by atoms with E-state index in [0.717, 1.165) is 0 Å². The van der Waals surface area contributed by atoms with Gasteiger partial charge in [0.05, 0.1) is 0 Å². The predicted octanol–water partition coefficient (Wildman–Crippen LogP) is 3.21. The molecule has 0 saturated carbocycles. The minimum absolute atomic E-state index is 0.155. The largest absolute Gasteiger partial charge is 0.573 e. The standard InChI is InChI=1S/C12H14F3NO/c1-9(16-2)6-7-10-4-3-5-11(8-10)17-12(13,14)15/h3-9,16H,1-2H3/b7-6+. The average Bonchev–Trinajstić information content (AvgIpc) is 2.24. The summed E-state index contributed by atoms with van der Waals surface area (Å²) >= 11 is 0. The number of hydrogen-bond acceptors (Lipinski definition) is 2. The third-order valence-electron chi connectivity index (χ3n) is 2.12. The van der Waals surface area contributed by atoms with Gasteiger partial charge in [0.2, 0.25) is 0 Å². The van der Waals surface area contributed by atoms with E-state index in [1.54, 1.807) is 19.2 Å². The molecule has 1 unspecified atom stereocenters. The molecule has 1 aromatic rings. The van der Waals surface area contributed by atoms with E-state index in [-0.39, 0.29) is 11.8 Å². The maximum absolute atomic E-state index is 12.0. The van der Waals surface area contributed by atoms with Crippen LogP contribution in [0, 0.1) is 0 Å². The highest BCUT2D eigenvalue weighted by Gasteiger charge is 2.30. The van der Waals surface area contributed by atoms with Gasteiger partial charge in [-0.25, -0.2) is 0 Å². The SMILES string of the molecule is CNC(C)/C=C/c1cccc(OC(F)(F)F)c1. The summed E-state index contributed by atoms with van der Waals surface area (Å²) in [5, 5.41) is 2.99. The zero-order valence-corrected chi connectivity index (χ0v) is 9.58. The molecule has 0 bridgehead atoms. The first-order valence-corrected chi connectivity index (χ1v) is 5.12. The molecule has 0 spiro atoms. The molecule has 1 rings (SSSR count). The molecular formula is C12H14F3NO. The van der Waals surface area contributed by atoms with Crippen LogP contribution in [0.5, 0.6) is 5.75 Å². The molecule has 0 radical (unpaired) electrons. The van der Waals surface area contributed by atoms with Crippen molar-refractivity contribution in [3.8, 4) is 5.75 Å². The van der Waals surface area contributed by atoms with Crippen molar-refractivity contribution in [2.75, 3.05) is 7.05 Å². The lowest BCUT2D eigenvalue weighted by Crippen LogP contribution is -2.17. The van der Waals surface area contributed by atoms with Crippen LogP contribution in [0.25, 0.3) is 6.08 Å². The van der Waals surface area contributed by atoms with E-state index < -0.39 is 6.36 Å². The smallest absolute Gasteiger partial charge is 0.406 e. The number of benzene rings is 1. The molecule has 17 heavy (non-hydrogen) atoms. The molecule has 1 aromatic carbocycles. The summed E-state index contributed by atoms with van der Waals surface area (Å²) < 4.78 is 39.8. The van der Waals surface area contributed by atoms with Crippen molar-refractivity contribution in [3.05, 3.63) is 35.9 Å². The van der Waals surface area contributed by atoms with Crippen molar-refractivity contribution < 1.29 is 17.9 Å². The summed E-state index contributed by atoms with van der Waals surface area (Å²) in [5.74, 6) is -0.211. The molecule has 0 aromatic heterocycles. The third kappa shape index (κ3) is 5.40. The normalized spacial score (nSPS) is 13.9. The van der Waals surface area contributed by atoms with Gasteiger partial charge in [0.25, 0.3) is 0 Å². The lowest BCUT2D eigenvalue weighted by Gasteiger charge is -2.09. The van der Waals surface area contributed by atoms with E-state index in [9.17, 15) is 13.2 Å². The van der Waals surface area contributed by atoms with Gasteiger partial charge < -0.3 is 10.1 Å². The van der Waals surface area contributed by atoms with E-state index in [0.29, 0.717) is 5.56 Å². The fraction of sp³-hybridized carbons (Fsp3) is 0.333. The Labute approximate surface area is 98.1 Å². The molecule has 0 heterocycles. The molecule has 0 fully saturated rings. The van der Waals surface area contributed by atoms with Crippen LogP contribution in [0.4, 0.5) is 13.2 Å². The molecule has 0 amide bonds. The van der Waals surface area contributed by atoms with Crippen molar-refractivity contribution in [1.29, 1.82) is 0 Å². The van der Waals surface area contributed by atoms with E-state index in [1.165, 1.54) is 18.2 Å². The fourth-order valence-corrected chi connectivity index (χ4v) is 1.17. The van der Waals surface area contributed by atoms with Crippen LogP contribution in [0.2, 0.25) is 0 Å². The molecule has 0 aliphatic heterocycles. The first kappa shape index (κ1) is 13.6. The number of alkyl halides is 3. The van der Waals surface area contributed by atoms with Crippen LogP contribution in [-0.4, -0.2) is 19.5 Å². The van der Waals surface area contributed by atoms with Crippen molar-refractivity contribution in [1.82, 2.24) is 5.32 Å². The molecule has 5 heteroatoms. The fourth-order valence-electron chi connectivity index (χ4n) is 1.17. The van der Waals surface area contributed by atoms with Crippen molar-refractivity contribution in [2.45, 2.75) is 19.3 Å². The summed E-state index contributed by atoms with van der Waals surface area (Å²) in [6.07, 6.45) is -1.06. The Kier molecular flexibility index (Phi) is 4.57. The van der Waals surface area contributed by atoms with Crippen molar-refractivity contribution in [2.24, 2.45) is 0 Å². The first-order chi connectivity index (χ1) is 7.90. The maximum atomic E-state index is 12.0. The van der Waals surface area contributed by atoms with Gasteiger partial charge in [0.15, 0.2) is 0 Å². The number of likely N-dealkylation sites (N-methyl/N-ethyl adjacent to an activating group) is 1. The van der Waals surface area contributed by atoms with Crippen LogP contribution in [0.15, 0.2) is 30.3 Å². The van der Waals surface area contributed by atoms with E-state index in [1.807, 2.05) is 13.0 Å². The van der Waals surface area contributed by atoms with E-state index >= 15 is 0 Å². The monoisotopic (exact) mass is 245 g/mol. The Hall–Kier alpha value is -1.49. The number of ether oxygens (including phenoxy) is 1. The second-order valence-corrected chi connectivity index (χ2v) is 3.56. The van der Waals surface area contributed by atoms with Gasteiger partial charge in [-0.1, -0.05) is 24.3 Å². The summed E-state index contributed by atoms with van der Waals surface area (Å²) in [4.78, 5) is 0. The summed E-state index contributed by atoms with van der Waals surface area (Å²) in [7, 11) is 1.80. The highest BCUT2D eigenvalue weighted by Crippen LogP contribution is 2.23. The quantitative estimate of drug-likeness (QED) is 0.879. The molecule has 0 saturated heterocycles. The summed E-state index contributed by atoms with van der Waals surface area (Å²) in [6.45, 7) is 1.94. The van der Waals surface area contributed by atoms with Crippen molar-refractivity contribution >= 4 is 6.08 Å². The van der Waals surface area contributed by atoms with Crippen LogP contribution in [0.1, 0.15) is 12.5 Å². The minimum atomic E-state index is -4.65. The topological polar surface area (TPSA) is 21.3 Å². The van der Waals surface area contributed by atoms with Crippen LogP contribution in [0.3, 0.4) is 0 Å². The van der Waals surface area contributed by atoms with Gasteiger partial charge in [-0.15, -0.1) is 13.2 Å². The van der Waals surface area contributed by atoms with E-state index in [4.69, 9.17) is 0 Å². The third-order valence-corrected chi connectivity index (χ3v) is 2.12. The molecular weight excluding hydrogens is 231 g/mol. The van der Waals surface area contributed by atoms with E-state index in [2.05, 4.69) is 10.1 Å². The van der Waals surface area contributed by atoms with Gasteiger partial charge in [0, 0.05) is 6.04 Å². The minimum Gasteiger partial charge on any atom is -0.406 e. The second kappa shape index (κ2) is 5.72. The Morgan fingerprint density at radius 1 is 1.35 bits per heavy atom. The van der Waals surface area contributed by atoms with Crippen LogP contribution < -0.4 is 10.1 Å². The maximum Gasteiger partial charge on any atom is 0.573 e. The van der Waals surface area contributed by atoms with Crippen LogP contribution >= 0.6 is 0 Å². The number of nitrogens with one attached hydrogen (secondary N) is 1. The highest BCUT2D eigenvalue weighted by molar-refractivity contribution is 5.52. The Morgan fingerprint density at radius 3 is 2.65 bits per heavy atom. The van der Waals surface area contributed by atoms with Gasteiger partial charge >= 0.3 is 6.36 Å². The van der Waals surface area contributed by atoms with Gasteiger partial charge in [-0.3, -0.25) is 0 Å². The first-order valence-electron chi connectivity index (χ1n) is 5.12. The van der Waals surface area contributed by atoms with Crippen molar-refractivity contribution in [3.63, 3.8) is 0 Å². The second-order valence-electron chi connectivity index (χ2n) is 3.56.